The molecule has 1 aliphatic rings. The molecule has 1 atom stereocenters. The molecule has 0 N–H and O–H groups in total. The number of hydrogen-bond acceptors (Lipinski definition) is 6. The van der Waals surface area contributed by atoms with Crippen molar-refractivity contribution >= 4 is 5.82 Å². The van der Waals surface area contributed by atoms with Gasteiger partial charge in [0.25, 0.3) is 0 Å². The normalized spacial score (nSPS) is 18.8. The summed E-state index contributed by atoms with van der Waals surface area (Å²) < 4.78 is 16.9. The van der Waals surface area contributed by atoms with Gasteiger partial charge < -0.3 is 18.8 Å². The van der Waals surface area contributed by atoms with Gasteiger partial charge in [-0.1, -0.05) is 0 Å². The number of furan rings is 1. The van der Waals surface area contributed by atoms with E-state index in [-0.39, 0.29) is 6.10 Å². The van der Waals surface area contributed by atoms with Crippen molar-refractivity contribution in [3.05, 3.63) is 36.0 Å². The summed E-state index contributed by atoms with van der Waals surface area (Å²) in [6, 6.07) is 5.78. The highest BCUT2D eigenvalue weighted by atomic mass is 16.5. The summed E-state index contributed by atoms with van der Waals surface area (Å²) in [5.41, 5.74) is 0. The van der Waals surface area contributed by atoms with Crippen LogP contribution in [0.1, 0.15) is 24.5 Å². The molecule has 6 heteroatoms. The Morgan fingerprint density at radius 2 is 2.29 bits per heavy atom. The molecule has 2 aromatic rings. The highest BCUT2D eigenvalue weighted by Gasteiger charge is 2.25. The van der Waals surface area contributed by atoms with Crippen LogP contribution in [0.2, 0.25) is 0 Å². The van der Waals surface area contributed by atoms with E-state index in [1.165, 1.54) is 6.33 Å². The molecule has 0 radical (unpaired) electrons. The van der Waals surface area contributed by atoms with Crippen LogP contribution in [0.3, 0.4) is 0 Å². The Morgan fingerprint density at radius 3 is 3.05 bits per heavy atom. The first-order valence-corrected chi connectivity index (χ1v) is 7.14. The largest absolute Gasteiger partial charge is 0.478 e. The molecular weight excluding hydrogens is 270 g/mol. The van der Waals surface area contributed by atoms with Gasteiger partial charge >= 0.3 is 0 Å². The molecular formula is C15H19N3O3. The van der Waals surface area contributed by atoms with Crippen LogP contribution in [0.4, 0.5) is 5.82 Å². The molecule has 0 amide bonds. The Bertz CT molecular complexity index is 599. The average Bonchev–Trinajstić information content (AvgIpc) is 2.95. The molecule has 0 unspecified atom stereocenters. The molecule has 3 rings (SSSR count). The highest BCUT2D eigenvalue weighted by molar-refractivity contribution is 5.41. The quantitative estimate of drug-likeness (QED) is 0.861. The number of rotatable bonds is 4. The zero-order valence-electron chi connectivity index (χ0n) is 12.3. The second-order valence-electron chi connectivity index (χ2n) is 4.90. The van der Waals surface area contributed by atoms with Crippen LogP contribution < -0.4 is 9.64 Å². The van der Waals surface area contributed by atoms with Gasteiger partial charge in [0.15, 0.2) is 0 Å². The van der Waals surface area contributed by atoms with Gasteiger partial charge in [-0.15, -0.1) is 0 Å². The number of aryl methyl sites for hydroxylation is 1. The van der Waals surface area contributed by atoms with Gasteiger partial charge in [-0.25, -0.2) is 9.97 Å². The monoisotopic (exact) mass is 289 g/mol. The average molecular weight is 289 g/mol. The van der Waals surface area contributed by atoms with E-state index in [9.17, 15) is 0 Å². The number of aromatic nitrogens is 2. The van der Waals surface area contributed by atoms with Crippen molar-refractivity contribution in [1.29, 1.82) is 0 Å². The summed E-state index contributed by atoms with van der Waals surface area (Å²) >= 11 is 0. The summed E-state index contributed by atoms with van der Waals surface area (Å²) in [5.74, 6) is 3.20. The van der Waals surface area contributed by atoms with E-state index in [1.807, 2.05) is 32.0 Å². The van der Waals surface area contributed by atoms with Gasteiger partial charge in [0, 0.05) is 12.6 Å². The lowest BCUT2D eigenvalue weighted by molar-refractivity contribution is 0.0250. The van der Waals surface area contributed by atoms with Crippen LogP contribution in [-0.4, -0.2) is 36.3 Å². The molecule has 2 aromatic heterocycles. The van der Waals surface area contributed by atoms with E-state index in [1.54, 1.807) is 0 Å². The zero-order valence-corrected chi connectivity index (χ0v) is 12.3. The summed E-state index contributed by atoms with van der Waals surface area (Å²) in [7, 11) is 0. The molecule has 0 aliphatic carbocycles. The fourth-order valence-electron chi connectivity index (χ4n) is 2.39. The third-order valence-corrected chi connectivity index (χ3v) is 3.39. The van der Waals surface area contributed by atoms with Crippen molar-refractivity contribution in [3.63, 3.8) is 0 Å². The van der Waals surface area contributed by atoms with Gasteiger partial charge in [0.2, 0.25) is 5.88 Å². The Balaban J connectivity index is 1.75. The smallest absolute Gasteiger partial charge is 0.218 e. The summed E-state index contributed by atoms with van der Waals surface area (Å²) in [6.45, 7) is 6.59. The van der Waals surface area contributed by atoms with Gasteiger partial charge in [-0.2, -0.15) is 0 Å². The Hall–Kier alpha value is -2.08. The fourth-order valence-corrected chi connectivity index (χ4v) is 2.39. The predicted octanol–water partition coefficient (Wildman–Crippen LogP) is 2.35. The first-order chi connectivity index (χ1) is 10.3. The molecule has 6 nitrogen and oxygen atoms in total. The van der Waals surface area contributed by atoms with E-state index in [4.69, 9.17) is 13.9 Å². The van der Waals surface area contributed by atoms with E-state index < -0.39 is 0 Å². The van der Waals surface area contributed by atoms with Crippen LogP contribution in [-0.2, 0) is 4.74 Å². The Kier molecular flexibility index (Phi) is 4.06. The molecule has 21 heavy (non-hydrogen) atoms. The van der Waals surface area contributed by atoms with E-state index in [2.05, 4.69) is 14.9 Å². The van der Waals surface area contributed by atoms with Crippen molar-refractivity contribution in [2.45, 2.75) is 20.0 Å². The minimum Gasteiger partial charge on any atom is -0.478 e. The van der Waals surface area contributed by atoms with Crippen molar-refractivity contribution in [1.82, 2.24) is 9.97 Å². The molecule has 1 fully saturated rings. The van der Waals surface area contributed by atoms with Gasteiger partial charge in [-0.3, -0.25) is 0 Å². The van der Waals surface area contributed by atoms with Crippen molar-refractivity contribution < 1.29 is 13.9 Å². The lowest BCUT2D eigenvalue weighted by Gasteiger charge is -2.32. The maximum atomic E-state index is 5.80. The molecule has 0 bridgehead atoms. The molecule has 112 valence electrons. The number of anilines is 1. The van der Waals surface area contributed by atoms with E-state index >= 15 is 0 Å². The van der Waals surface area contributed by atoms with E-state index in [0.29, 0.717) is 25.6 Å². The second-order valence-corrected chi connectivity index (χ2v) is 4.90. The third kappa shape index (κ3) is 3.16. The van der Waals surface area contributed by atoms with Crippen molar-refractivity contribution in [2.75, 3.05) is 31.2 Å². The summed E-state index contributed by atoms with van der Waals surface area (Å²) in [6.07, 6.45) is 1.46. The van der Waals surface area contributed by atoms with Crippen LogP contribution >= 0.6 is 0 Å². The van der Waals surface area contributed by atoms with Crippen LogP contribution in [0, 0.1) is 6.92 Å². The molecule has 0 spiro atoms. The first kappa shape index (κ1) is 13.9. The van der Waals surface area contributed by atoms with Gasteiger partial charge in [-0.05, 0) is 26.0 Å². The number of nitrogens with zero attached hydrogens (tertiary/aromatic N) is 3. The minimum absolute atomic E-state index is 0.0713. The van der Waals surface area contributed by atoms with Crippen LogP contribution in [0.5, 0.6) is 5.88 Å². The SMILES string of the molecule is CCOc1cc(N2CCO[C@@H](c3ccc(C)o3)C2)ncn1. The third-order valence-electron chi connectivity index (χ3n) is 3.39. The minimum atomic E-state index is -0.0713. The maximum Gasteiger partial charge on any atom is 0.218 e. The zero-order chi connectivity index (χ0) is 14.7. The van der Waals surface area contributed by atoms with Crippen LogP contribution in [0.25, 0.3) is 0 Å². The molecule has 0 saturated carbocycles. The van der Waals surface area contributed by atoms with Gasteiger partial charge in [0.1, 0.15) is 29.8 Å². The highest BCUT2D eigenvalue weighted by Crippen LogP contribution is 2.27. The Labute approximate surface area is 123 Å². The molecule has 3 heterocycles. The molecule has 0 aromatic carbocycles. The lowest BCUT2D eigenvalue weighted by atomic mass is 10.2. The van der Waals surface area contributed by atoms with Crippen molar-refractivity contribution in [3.8, 4) is 5.88 Å². The standard InChI is InChI=1S/C15H19N3O3/c1-3-19-15-8-14(16-10-17-15)18-6-7-20-13(9-18)12-5-4-11(2)21-12/h4-5,8,10,13H,3,6-7,9H2,1-2H3/t13-/m1/s1. The predicted molar refractivity (Wildman–Crippen MR) is 77.6 cm³/mol. The molecule has 1 saturated heterocycles. The maximum absolute atomic E-state index is 5.80. The number of hydrogen-bond donors (Lipinski definition) is 0. The summed E-state index contributed by atoms with van der Waals surface area (Å²) in [5, 5.41) is 0. The number of ether oxygens (including phenoxy) is 2. The van der Waals surface area contributed by atoms with Crippen LogP contribution in [0.15, 0.2) is 28.9 Å². The summed E-state index contributed by atoms with van der Waals surface area (Å²) in [4.78, 5) is 10.6. The second kappa shape index (κ2) is 6.13. The number of morpholine rings is 1. The Morgan fingerprint density at radius 1 is 1.38 bits per heavy atom. The molecule has 1 aliphatic heterocycles. The first-order valence-electron chi connectivity index (χ1n) is 7.14. The fraction of sp³-hybridized carbons (Fsp3) is 0.467. The van der Waals surface area contributed by atoms with Gasteiger partial charge in [0.05, 0.1) is 19.8 Å². The van der Waals surface area contributed by atoms with E-state index in [0.717, 1.165) is 23.9 Å². The topological polar surface area (TPSA) is 60.6 Å². The van der Waals surface area contributed by atoms with Crippen molar-refractivity contribution in [2.24, 2.45) is 0 Å². The lowest BCUT2D eigenvalue weighted by Crippen LogP contribution is -2.38.